The fraction of sp³-hybridized carbons (Fsp3) is 0.538. The van der Waals surface area contributed by atoms with E-state index in [9.17, 15) is 27.8 Å². The van der Waals surface area contributed by atoms with E-state index < -0.39 is 25.1 Å². The molecular weight excluding hydrogens is 561 g/mol. The summed E-state index contributed by atoms with van der Waals surface area (Å²) in [5, 5.41) is 3.03. The first kappa shape index (κ1) is 28.4. The minimum Gasteiger partial charge on any atom is -0.382 e. The molecule has 1 N–H and O–H groups in total. The van der Waals surface area contributed by atoms with Crippen molar-refractivity contribution in [3.8, 4) is 0 Å². The molecule has 2 aromatic carbocycles. The Kier molecular flexibility index (Phi) is 6.72. The van der Waals surface area contributed by atoms with Gasteiger partial charge in [0.05, 0.1) is 11.0 Å². The lowest BCUT2D eigenvalue weighted by Crippen LogP contribution is -2.49. The number of halogens is 5. The molecule has 1 saturated carbocycles. The zero-order chi connectivity index (χ0) is 28.2. The highest BCUT2D eigenvalue weighted by Gasteiger charge is 2.65. The van der Waals surface area contributed by atoms with E-state index in [-0.39, 0.29) is 29.7 Å². The Morgan fingerprint density at radius 3 is 1.95 bits per heavy atom. The summed E-state index contributed by atoms with van der Waals surface area (Å²) in [5.41, 5.74) is 1.67. The van der Waals surface area contributed by atoms with Gasteiger partial charge in [-0.1, -0.05) is 19.4 Å². The van der Waals surface area contributed by atoms with Crippen LogP contribution in [0.2, 0.25) is 0 Å². The Hall–Kier alpha value is -2.09. The molecule has 0 atom stereocenters. The second-order valence-corrected chi connectivity index (χ2v) is 15.4. The number of hydrogen-bond acceptors (Lipinski definition) is 5. The lowest BCUT2D eigenvalue weighted by atomic mass is 9.61. The Morgan fingerprint density at radius 1 is 0.872 bits per heavy atom. The van der Waals surface area contributed by atoms with Gasteiger partial charge in [-0.15, -0.1) is 0 Å². The highest BCUT2D eigenvalue weighted by molar-refractivity contribution is 8.45. The van der Waals surface area contributed by atoms with Crippen molar-refractivity contribution in [3.63, 3.8) is 0 Å². The first-order valence-electron chi connectivity index (χ1n) is 13.1. The van der Waals surface area contributed by atoms with Gasteiger partial charge in [0.1, 0.15) is 4.90 Å². The molecule has 2 aromatic rings. The van der Waals surface area contributed by atoms with Crippen LogP contribution in [-0.2, 0) is 14.8 Å². The number of piperidine rings is 2. The minimum absolute atomic E-state index is 0.193. The average Bonchev–Trinajstić information content (AvgIpc) is 2.87. The lowest BCUT2D eigenvalue weighted by molar-refractivity contribution is -0.0708. The maximum Gasteiger partial charge on any atom is 0.310 e. The van der Waals surface area contributed by atoms with Crippen LogP contribution >= 0.6 is 10.2 Å². The van der Waals surface area contributed by atoms with Crippen LogP contribution in [0, 0.1) is 5.41 Å². The standard InChI is InChI=1S/C26H34F5N3O3S2/c1-37-23-18-26(19-23)12-16-33(17-13-26)22-4-6-24(7-5-22)38(35,36)34-14-10-21(11-15-34)32-20-2-8-25(9-3-20)39(27,28,29,30)31/h2-9,21,23,32H,10-19H2,1H3. The van der Waals surface area contributed by atoms with E-state index in [1.54, 1.807) is 19.2 Å². The third-order valence-corrected chi connectivity index (χ3v) is 11.5. The number of nitrogens with zero attached hydrogens (tertiary/aromatic N) is 2. The third-order valence-electron chi connectivity index (χ3n) is 8.44. The minimum atomic E-state index is -9.71. The van der Waals surface area contributed by atoms with Crippen molar-refractivity contribution in [1.82, 2.24) is 4.31 Å². The van der Waals surface area contributed by atoms with Crippen LogP contribution in [0.5, 0.6) is 0 Å². The zero-order valence-corrected chi connectivity index (χ0v) is 23.3. The predicted octanol–water partition coefficient (Wildman–Crippen LogP) is 7.00. The average molecular weight is 596 g/mol. The monoisotopic (exact) mass is 595 g/mol. The third kappa shape index (κ3) is 6.15. The Morgan fingerprint density at radius 2 is 1.44 bits per heavy atom. The smallest absolute Gasteiger partial charge is 0.310 e. The fourth-order valence-corrected chi connectivity index (χ4v) is 8.10. The van der Waals surface area contributed by atoms with Gasteiger partial charge in [0.2, 0.25) is 10.0 Å². The molecule has 6 nitrogen and oxygen atoms in total. The van der Waals surface area contributed by atoms with E-state index in [2.05, 4.69) is 10.2 Å². The first-order chi connectivity index (χ1) is 18.1. The molecule has 1 aliphatic carbocycles. The van der Waals surface area contributed by atoms with E-state index in [1.807, 2.05) is 12.1 Å². The fourth-order valence-electron chi connectivity index (χ4n) is 5.98. The lowest BCUT2D eigenvalue weighted by Gasteiger charge is -2.52. The van der Waals surface area contributed by atoms with Crippen LogP contribution in [0.4, 0.5) is 30.8 Å². The first-order valence-corrected chi connectivity index (χ1v) is 16.4. The number of sulfonamides is 1. The van der Waals surface area contributed by atoms with Gasteiger partial charge < -0.3 is 15.0 Å². The van der Waals surface area contributed by atoms with Gasteiger partial charge in [0.15, 0.2) is 0 Å². The topological polar surface area (TPSA) is 61.9 Å². The second-order valence-electron chi connectivity index (χ2n) is 11.1. The van der Waals surface area contributed by atoms with Crippen molar-refractivity contribution in [2.24, 2.45) is 5.41 Å². The maximum absolute atomic E-state index is 13.2. The molecule has 39 heavy (non-hydrogen) atoms. The van der Waals surface area contributed by atoms with Crippen molar-refractivity contribution >= 4 is 31.6 Å². The van der Waals surface area contributed by atoms with E-state index in [1.165, 1.54) is 4.31 Å². The summed E-state index contributed by atoms with van der Waals surface area (Å²) in [6, 6.07) is 9.50. The number of rotatable bonds is 7. The zero-order valence-electron chi connectivity index (χ0n) is 21.7. The van der Waals surface area contributed by atoms with Gasteiger partial charge in [-0.3, -0.25) is 0 Å². The number of benzene rings is 2. The van der Waals surface area contributed by atoms with Crippen molar-refractivity contribution < 1.29 is 32.6 Å². The summed E-state index contributed by atoms with van der Waals surface area (Å²) < 4.78 is 97.9. The quantitative estimate of drug-likeness (QED) is 0.349. The SMILES string of the molecule is COC1CC2(CCN(c3ccc(S(=O)(=O)N4CCC(Nc5ccc(S(F)(F)(F)(F)F)cc5)CC4)cc3)CC2)C1. The molecule has 0 radical (unpaired) electrons. The number of hydrogen-bond donors (Lipinski definition) is 1. The Labute approximate surface area is 226 Å². The summed E-state index contributed by atoms with van der Waals surface area (Å²) in [6.45, 7) is 2.35. The summed E-state index contributed by atoms with van der Waals surface area (Å²) in [7, 11) is -11.6. The molecule has 218 valence electrons. The molecule has 2 aliphatic heterocycles. The molecule has 0 bridgehead atoms. The van der Waals surface area contributed by atoms with E-state index >= 15 is 0 Å². The molecule has 3 fully saturated rings. The number of nitrogens with one attached hydrogen (secondary N) is 1. The van der Waals surface area contributed by atoms with Gasteiger partial charge >= 0.3 is 10.2 Å². The van der Waals surface area contributed by atoms with Gasteiger partial charge in [-0.25, -0.2) is 8.42 Å². The van der Waals surface area contributed by atoms with Crippen LogP contribution in [0.1, 0.15) is 38.5 Å². The van der Waals surface area contributed by atoms with Gasteiger partial charge in [0.25, 0.3) is 0 Å². The number of anilines is 2. The van der Waals surface area contributed by atoms with E-state index in [0.717, 1.165) is 56.6 Å². The Bertz CT molecular complexity index is 1280. The summed E-state index contributed by atoms with van der Waals surface area (Å²) >= 11 is 0. The highest BCUT2D eigenvalue weighted by atomic mass is 32.5. The molecule has 1 spiro atoms. The van der Waals surface area contributed by atoms with Crippen molar-refractivity contribution in [2.45, 2.75) is 60.5 Å². The highest BCUT2D eigenvalue weighted by Crippen LogP contribution is 3.02. The largest absolute Gasteiger partial charge is 0.382 e. The molecule has 5 rings (SSSR count). The molecule has 2 saturated heterocycles. The van der Waals surface area contributed by atoms with Gasteiger partial charge in [-0.05, 0) is 92.5 Å². The predicted molar refractivity (Wildman–Crippen MR) is 144 cm³/mol. The molecule has 0 unspecified atom stereocenters. The summed E-state index contributed by atoms with van der Waals surface area (Å²) in [5.74, 6) is 0. The van der Waals surface area contributed by atoms with Crippen molar-refractivity contribution in [3.05, 3.63) is 48.5 Å². The van der Waals surface area contributed by atoms with Crippen LogP contribution < -0.4 is 10.2 Å². The normalized spacial score (nSPS) is 23.2. The maximum atomic E-state index is 13.2. The van der Waals surface area contributed by atoms with Crippen LogP contribution in [-0.4, -0.2) is 58.2 Å². The van der Waals surface area contributed by atoms with Crippen LogP contribution in [0.3, 0.4) is 0 Å². The van der Waals surface area contributed by atoms with Gasteiger partial charge in [-0.2, -0.15) is 4.31 Å². The van der Waals surface area contributed by atoms with Crippen LogP contribution in [0.25, 0.3) is 0 Å². The summed E-state index contributed by atoms with van der Waals surface area (Å²) in [6.07, 6.45) is 5.69. The van der Waals surface area contributed by atoms with Crippen molar-refractivity contribution in [1.29, 1.82) is 0 Å². The molecule has 2 heterocycles. The summed E-state index contributed by atoms with van der Waals surface area (Å²) in [4.78, 5) is 0.581. The van der Waals surface area contributed by atoms with Crippen molar-refractivity contribution in [2.75, 3.05) is 43.5 Å². The molecule has 3 aliphatic rings. The number of methoxy groups -OCH3 is 1. The van der Waals surface area contributed by atoms with E-state index in [4.69, 9.17) is 4.74 Å². The molecule has 13 heteroatoms. The molecule has 0 amide bonds. The number of ether oxygens (including phenoxy) is 1. The molecule has 0 aromatic heterocycles. The van der Waals surface area contributed by atoms with Gasteiger partial charge in [0, 0.05) is 50.7 Å². The molecular formula is C26H34F5N3O3S2. The van der Waals surface area contributed by atoms with Crippen LogP contribution in [0.15, 0.2) is 58.3 Å². The Balaban J connectivity index is 1.14. The van der Waals surface area contributed by atoms with E-state index in [0.29, 0.717) is 36.5 Å². The second kappa shape index (κ2) is 9.22.